The molecule has 17 heavy (non-hydrogen) atoms. The van der Waals surface area contributed by atoms with E-state index >= 15 is 0 Å². The molecule has 1 aliphatic carbocycles. The van der Waals surface area contributed by atoms with Crippen molar-refractivity contribution >= 4 is 0 Å². The van der Waals surface area contributed by atoms with Crippen molar-refractivity contribution in [2.45, 2.75) is 71.3 Å². The molecule has 0 aliphatic heterocycles. The van der Waals surface area contributed by atoms with E-state index in [1.807, 2.05) is 0 Å². The second-order valence-electron chi connectivity index (χ2n) is 5.78. The van der Waals surface area contributed by atoms with Crippen LogP contribution in [0, 0.1) is 11.8 Å². The molecule has 0 saturated heterocycles. The molecule has 102 valence electrons. The Kier molecular flexibility index (Phi) is 7.87. The predicted molar refractivity (Wildman–Crippen MR) is 76.1 cm³/mol. The Hall–Kier alpha value is -0.0800. The minimum atomic E-state index is 0.451. The second kappa shape index (κ2) is 8.93. The van der Waals surface area contributed by atoms with E-state index in [1.54, 1.807) is 0 Å². The van der Waals surface area contributed by atoms with Gasteiger partial charge in [-0.2, -0.15) is 0 Å². The number of nitrogens with two attached hydrogens (primary N) is 1. The molecule has 1 fully saturated rings. The minimum absolute atomic E-state index is 0.451. The van der Waals surface area contributed by atoms with Crippen LogP contribution in [0.3, 0.4) is 0 Å². The topological polar surface area (TPSA) is 38.0 Å². The third-order valence-electron chi connectivity index (χ3n) is 4.35. The lowest BCUT2D eigenvalue weighted by atomic mass is 9.85. The van der Waals surface area contributed by atoms with Gasteiger partial charge >= 0.3 is 0 Å². The summed E-state index contributed by atoms with van der Waals surface area (Å²) in [7, 11) is 0. The molecule has 0 amide bonds. The van der Waals surface area contributed by atoms with Gasteiger partial charge in [-0.25, -0.2) is 0 Å². The summed E-state index contributed by atoms with van der Waals surface area (Å²) in [4.78, 5) is 0. The highest BCUT2D eigenvalue weighted by molar-refractivity contribution is 4.79. The first kappa shape index (κ1) is 15.0. The Morgan fingerprint density at radius 3 is 2.65 bits per heavy atom. The third kappa shape index (κ3) is 5.87. The SMILES string of the molecule is CCCCC(CC)CNCC1CCCCC1N. The lowest BCUT2D eigenvalue weighted by Gasteiger charge is -2.29. The average molecular weight is 240 g/mol. The molecule has 1 rings (SSSR count). The maximum Gasteiger partial charge on any atom is 0.00792 e. The molecular weight excluding hydrogens is 208 g/mol. The Balaban J connectivity index is 2.12. The molecule has 0 spiro atoms. The normalized spacial score (nSPS) is 27.0. The molecule has 0 heterocycles. The fraction of sp³-hybridized carbons (Fsp3) is 1.00. The summed E-state index contributed by atoms with van der Waals surface area (Å²) in [6, 6.07) is 0.451. The smallest absolute Gasteiger partial charge is 0.00792 e. The molecule has 3 unspecified atom stereocenters. The number of rotatable bonds is 8. The third-order valence-corrected chi connectivity index (χ3v) is 4.35. The van der Waals surface area contributed by atoms with Gasteiger partial charge in [0, 0.05) is 6.04 Å². The Morgan fingerprint density at radius 1 is 1.24 bits per heavy atom. The van der Waals surface area contributed by atoms with Crippen molar-refractivity contribution in [2.75, 3.05) is 13.1 Å². The van der Waals surface area contributed by atoms with Gasteiger partial charge in [0.15, 0.2) is 0 Å². The minimum Gasteiger partial charge on any atom is -0.327 e. The van der Waals surface area contributed by atoms with Crippen LogP contribution in [0.4, 0.5) is 0 Å². The van der Waals surface area contributed by atoms with E-state index in [4.69, 9.17) is 5.73 Å². The van der Waals surface area contributed by atoms with E-state index < -0.39 is 0 Å². The first-order chi connectivity index (χ1) is 8.27. The molecule has 2 heteroatoms. The molecule has 0 radical (unpaired) electrons. The first-order valence-corrected chi connectivity index (χ1v) is 7.74. The van der Waals surface area contributed by atoms with Crippen molar-refractivity contribution in [2.24, 2.45) is 17.6 Å². The molecule has 3 atom stereocenters. The van der Waals surface area contributed by atoms with Crippen LogP contribution < -0.4 is 11.1 Å². The van der Waals surface area contributed by atoms with Gasteiger partial charge in [-0.1, -0.05) is 46.0 Å². The summed E-state index contributed by atoms with van der Waals surface area (Å²) in [5.41, 5.74) is 6.17. The molecule has 1 saturated carbocycles. The van der Waals surface area contributed by atoms with Crippen LogP contribution in [0.15, 0.2) is 0 Å². The van der Waals surface area contributed by atoms with Gasteiger partial charge in [0.2, 0.25) is 0 Å². The number of nitrogens with one attached hydrogen (secondary N) is 1. The number of unbranched alkanes of at least 4 members (excludes halogenated alkanes) is 1. The van der Waals surface area contributed by atoms with E-state index in [-0.39, 0.29) is 0 Å². The van der Waals surface area contributed by atoms with Gasteiger partial charge in [0.05, 0.1) is 0 Å². The van der Waals surface area contributed by atoms with Gasteiger partial charge in [0.25, 0.3) is 0 Å². The maximum atomic E-state index is 6.17. The van der Waals surface area contributed by atoms with Gasteiger partial charge < -0.3 is 11.1 Å². The van der Waals surface area contributed by atoms with Crippen LogP contribution in [0.5, 0.6) is 0 Å². The monoisotopic (exact) mass is 240 g/mol. The number of hydrogen-bond donors (Lipinski definition) is 2. The fourth-order valence-electron chi connectivity index (χ4n) is 2.91. The maximum absolute atomic E-state index is 6.17. The highest BCUT2D eigenvalue weighted by Crippen LogP contribution is 2.22. The molecule has 0 aromatic rings. The summed E-state index contributed by atoms with van der Waals surface area (Å²) in [6.45, 7) is 6.93. The molecule has 0 aromatic heterocycles. The second-order valence-corrected chi connectivity index (χ2v) is 5.78. The first-order valence-electron chi connectivity index (χ1n) is 7.74. The highest BCUT2D eigenvalue weighted by atomic mass is 14.9. The van der Waals surface area contributed by atoms with Crippen LogP contribution in [-0.4, -0.2) is 19.1 Å². The van der Waals surface area contributed by atoms with Crippen LogP contribution in [0.25, 0.3) is 0 Å². The zero-order chi connectivity index (χ0) is 12.5. The largest absolute Gasteiger partial charge is 0.327 e. The van der Waals surface area contributed by atoms with Crippen LogP contribution in [0.1, 0.15) is 65.2 Å². The summed E-state index contributed by atoms with van der Waals surface area (Å²) in [5.74, 6) is 1.60. The summed E-state index contributed by atoms with van der Waals surface area (Å²) >= 11 is 0. The molecular formula is C15H32N2. The van der Waals surface area contributed by atoms with E-state index in [9.17, 15) is 0 Å². The van der Waals surface area contributed by atoms with Crippen molar-refractivity contribution in [3.8, 4) is 0 Å². The lowest BCUT2D eigenvalue weighted by molar-refractivity contribution is 0.287. The summed E-state index contributed by atoms with van der Waals surface area (Å²) < 4.78 is 0. The zero-order valence-corrected chi connectivity index (χ0v) is 11.9. The van der Waals surface area contributed by atoms with Gasteiger partial charge in [0.1, 0.15) is 0 Å². The Bertz CT molecular complexity index is 182. The predicted octanol–water partition coefficient (Wildman–Crippen LogP) is 3.31. The zero-order valence-electron chi connectivity index (χ0n) is 11.9. The van der Waals surface area contributed by atoms with E-state index in [1.165, 1.54) is 57.9 Å². The van der Waals surface area contributed by atoms with Crippen molar-refractivity contribution in [1.29, 1.82) is 0 Å². The van der Waals surface area contributed by atoms with E-state index in [0.29, 0.717) is 6.04 Å². The highest BCUT2D eigenvalue weighted by Gasteiger charge is 2.21. The van der Waals surface area contributed by atoms with Gasteiger partial charge in [-0.05, 0) is 44.2 Å². The molecule has 3 N–H and O–H groups in total. The van der Waals surface area contributed by atoms with Crippen LogP contribution in [-0.2, 0) is 0 Å². The standard InChI is InChI=1S/C15H32N2/c1-3-5-8-13(4-2)11-17-12-14-9-6-7-10-15(14)16/h13-15,17H,3-12,16H2,1-2H3. The Morgan fingerprint density at radius 2 is 2.00 bits per heavy atom. The van der Waals surface area contributed by atoms with Crippen LogP contribution >= 0.6 is 0 Å². The lowest BCUT2D eigenvalue weighted by Crippen LogP contribution is -2.40. The van der Waals surface area contributed by atoms with E-state index in [0.717, 1.165) is 18.4 Å². The molecule has 1 aliphatic rings. The Labute approximate surface area is 108 Å². The summed E-state index contributed by atoms with van der Waals surface area (Å²) in [6.07, 6.45) is 10.7. The van der Waals surface area contributed by atoms with Crippen molar-refractivity contribution < 1.29 is 0 Å². The molecule has 0 aromatic carbocycles. The van der Waals surface area contributed by atoms with Crippen molar-refractivity contribution in [3.63, 3.8) is 0 Å². The molecule has 0 bridgehead atoms. The van der Waals surface area contributed by atoms with Crippen LogP contribution in [0.2, 0.25) is 0 Å². The summed E-state index contributed by atoms with van der Waals surface area (Å²) in [5, 5.41) is 3.67. The average Bonchev–Trinajstić information content (AvgIpc) is 2.35. The van der Waals surface area contributed by atoms with Gasteiger partial charge in [-0.3, -0.25) is 0 Å². The van der Waals surface area contributed by atoms with E-state index in [2.05, 4.69) is 19.2 Å². The van der Waals surface area contributed by atoms with Crippen molar-refractivity contribution in [1.82, 2.24) is 5.32 Å². The van der Waals surface area contributed by atoms with Gasteiger partial charge in [-0.15, -0.1) is 0 Å². The fourth-order valence-corrected chi connectivity index (χ4v) is 2.91. The molecule has 2 nitrogen and oxygen atoms in total. The number of hydrogen-bond acceptors (Lipinski definition) is 2. The van der Waals surface area contributed by atoms with Crippen molar-refractivity contribution in [3.05, 3.63) is 0 Å². The quantitative estimate of drug-likeness (QED) is 0.683.